The summed E-state index contributed by atoms with van der Waals surface area (Å²) in [5.74, 6) is -0.136. The maximum absolute atomic E-state index is 14.0. The molecule has 0 aliphatic carbocycles. The SMILES string of the molecule is CCN(Cc1cccs1)c1cc(C)c(F)cc1C(C)NC. The molecule has 114 valence electrons. The molecule has 0 bridgehead atoms. The van der Waals surface area contributed by atoms with Gasteiger partial charge < -0.3 is 10.2 Å². The van der Waals surface area contributed by atoms with Gasteiger partial charge in [-0.1, -0.05) is 6.07 Å². The smallest absolute Gasteiger partial charge is 0.126 e. The van der Waals surface area contributed by atoms with Crippen LogP contribution >= 0.6 is 11.3 Å². The molecular formula is C17H23FN2S. The molecule has 0 saturated heterocycles. The van der Waals surface area contributed by atoms with E-state index in [0.717, 1.165) is 24.3 Å². The average Bonchev–Trinajstić information content (AvgIpc) is 2.99. The van der Waals surface area contributed by atoms with Crippen LogP contribution in [0.1, 0.15) is 35.9 Å². The van der Waals surface area contributed by atoms with Crippen molar-refractivity contribution in [3.63, 3.8) is 0 Å². The van der Waals surface area contributed by atoms with Gasteiger partial charge in [-0.05, 0) is 62.5 Å². The lowest BCUT2D eigenvalue weighted by atomic mass is 10.0. The Morgan fingerprint density at radius 2 is 2.14 bits per heavy atom. The third-order valence-corrected chi connectivity index (χ3v) is 4.72. The van der Waals surface area contributed by atoms with Crippen molar-refractivity contribution >= 4 is 17.0 Å². The highest BCUT2D eigenvalue weighted by Gasteiger charge is 2.17. The van der Waals surface area contributed by atoms with Crippen LogP contribution in [0.15, 0.2) is 29.6 Å². The molecule has 0 aliphatic heterocycles. The maximum Gasteiger partial charge on any atom is 0.126 e. The number of rotatable bonds is 6. The van der Waals surface area contributed by atoms with Gasteiger partial charge in [0, 0.05) is 23.2 Å². The quantitative estimate of drug-likeness (QED) is 0.845. The molecule has 1 aromatic carbocycles. The Morgan fingerprint density at radius 1 is 1.38 bits per heavy atom. The molecule has 2 aromatic rings. The lowest BCUT2D eigenvalue weighted by Gasteiger charge is -2.28. The second kappa shape index (κ2) is 7.05. The molecular weight excluding hydrogens is 283 g/mol. The molecule has 21 heavy (non-hydrogen) atoms. The Labute approximate surface area is 130 Å². The fourth-order valence-electron chi connectivity index (χ4n) is 2.42. The summed E-state index contributed by atoms with van der Waals surface area (Å²) < 4.78 is 14.0. The van der Waals surface area contributed by atoms with Crippen LogP contribution in [0.25, 0.3) is 0 Å². The monoisotopic (exact) mass is 306 g/mol. The van der Waals surface area contributed by atoms with Gasteiger partial charge in [0.2, 0.25) is 0 Å². The van der Waals surface area contributed by atoms with Crippen LogP contribution in [-0.2, 0) is 6.54 Å². The minimum absolute atomic E-state index is 0.118. The Bertz CT molecular complexity index is 581. The molecule has 1 atom stereocenters. The average molecular weight is 306 g/mol. The molecule has 2 nitrogen and oxygen atoms in total. The van der Waals surface area contributed by atoms with Crippen LogP contribution in [0.5, 0.6) is 0 Å². The number of benzene rings is 1. The summed E-state index contributed by atoms with van der Waals surface area (Å²) >= 11 is 1.76. The van der Waals surface area contributed by atoms with Crippen molar-refractivity contribution in [2.75, 3.05) is 18.5 Å². The summed E-state index contributed by atoms with van der Waals surface area (Å²) in [6.45, 7) is 7.79. The van der Waals surface area contributed by atoms with Crippen LogP contribution in [0.3, 0.4) is 0 Å². The summed E-state index contributed by atoms with van der Waals surface area (Å²) in [5, 5.41) is 5.31. The molecule has 0 spiro atoms. The van der Waals surface area contributed by atoms with Crippen LogP contribution in [-0.4, -0.2) is 13.6 Å². The second-order valence-corrected chi connectivity index (χ2v) is 6.30. The van der Waals surface area contributed by atoms with E-state index < -0.39 is 0 Å². The predicted octanol–water partition coefficient (Wildman–Crippen LogP) is 4.50. The Hall–Kier alpha value is -1.39. The van der Waals surface area contributed by atoms with E-state index in [1.165, 1.54) is 4.88 Å². The minimum atomic E-state index is -0.136. The first-order chi connectivity index (χ1) is 10.1. The number of thiophene rings is 1. The first-order valence-corrected chi connectivity index (χ1v) is 8.19. The van der Waals surface area contributed by atoms with Gasteiger partial charge in [0.15, 0.2) is 0 Å². The molecule has 1 unspecified atom stereocenters. The number of halogens is 1. The van der Waals surface area contributed by atoms with Crippen molar-refractivity contribution < 1.29 is 4.39 Å². The van der Waals surface area contributed by atoms with Gasteiger partial charge in [-0.2, -0.15) is 0 Å². The molecule has 0 amide bonds. The first-order valence-electron chi connectivity index (χ1n) is 7.31. The highest BCUT2D eigenvalue weighted by molar-refractivity contribution is 7.09. The molecule has 0 aliphatic rings. The lowest BCUT2D eigenvalue weighted by Crippen LogP contribution is -2.25. The molecule has 2 rings (SSSR count). The molecule has 0 saturated carbocycles. The van der Waals surface area contributed by atoms with Crippen LogP contribution in [0, 0.1) is 12.7 Å². The van der Waals surface area contributed by atoms with Gasteiger partial charge in [-0.15, -0.1) is 11.3 Å². The van der Waals surface area contributed by atoms with Crippen molar-refractivity contribution in [3.8, 4) is 0 Å². The molecule has 1 aromatic heterocycles. The van der Waals surface area contributed by atoms with E-state index >= 15 is 0 Å². The molecule has 0 fully saturated rings. The van der Waals surface area contributed by atoms with Crippen LogP contribution in [0.2, 0.25) is 0 Å². The van der Waals surface area contributed by atoms with Crippen molar-refractivity contribution in [3.05, 3.63) is 51.5 Å². The molecule has 4 heteroatoms. The molecule has 0 radical (unpaired) electrons. The van der Waals surface area contributed by atoms with Gasteiger partial charge in [0.1, 0.15) is 5.82 Å². The van der Waals surface area contributed by atoms with E-state index in [0.29, 0.717) is 5.56 Å². The summed E-state index contributed by atoms with van der Waals surface area (Å²) in [4.78, 5) is 3.63. The van der Waals surface area contributed by atoms with Crippen molar-refractivity contribution in [2.45, 2.75) is 33.4 Å². The van der Waals surface area contributed by atoms with Gasteiger partial charge in [-0.3, -0.25) is 0 Å². The minimum Gasteiger partial charge on any atom is -0.366 e. The summed E-state index contributed by atoms with van der Waals surface area (Å²) in [6, 6.07) is 7.97. The number of hydrogen-bond acceptors (Lipinski definition) is 3. The number of hydrogen-bond donors (Lipinski definition) is 1. The zero-order valence-electron chi connectivity index (χ0n) is 13.1. The van der Waals surface area contributed by atoms with Gasteiger partial charge in [0.25, 0.3) is 0 Å². The maximum atomic E-state index is 14.0. The fourth-order valence-corrected chi connectivity index (χ4v) is 3.14. The largest absolute Gasteiger partial charge is 0.366 e. The summed E-state index contributed by atoms with van der Waals surface area (Å²) in [6.07, 6.45) is 0. The summed E-state index contributed by atoms with van der Waals surface area (Å²) in [5.41, 5.74) is 2.83. The fraction of sp³-hybridized carbons (Fsp3) is 0.412. The Kier molecular flexibility index (Phi) is 5.37. The van der Waals surface area contributed by atoms with Gasteiger partial charge in [0.05, 0.1) is 6.54 Å². The predicted molar refractivity (Wildman–Crippen MR) is 89.7 cm³/mol. The van der Waals surface area contributed by atoms with Crippen LogP contribution in [0.4, 0.5) is 10.1 Å². The highest BCUT2D eigenvalue weighted by atomic mass is 32.1. The Morgan fingerprint density at radius 3 is 2.71 bits per heavy atom. The zero-order valence-corrected chi connectivity index (χ0v) is 13.9. The van der Waals surface area contributed by atoms with Crippen molar-refractivity contribution in [2.24, 2.45) is 0 Å². The lowest BCUT2D eigenvalue weighted by molar-refractivity contribution is 0.599. The second-order valence-electron chi connectivity index (χ2n) is 5.26. The van der Waals surface area contributed by atoms with Crippen molar-refractivity contribution in [1.82, 2.24) is 5.32 Å². The van der Waals surface area contributed by atoms with Gasteiger partial charge in [-0.25, -0.2) is 4.39 Å². The third-order valence-electron chi connectivity index (χ3n) is 3.86. The molecule has 1 heterocycles. The number of nitrogens with zero attached hydrogens (tertiary/aromatic N) is 1. The van der Waals surface area contributed by atoms with Crippen molar-refractivity contribution in [1.29, 1.82) is 0 Å². The number of aryl methyl sites for hydroxylation is 1. The van der Waals surface area contributed by atoms with Gasteiger partial charge >= 0.3 is 0 Å². The third kappa shape index (κ3) is 3.63. The topological polar surface area (TPSA) is 15.3 Å². The number of nitrogens with one attached hydrogen (secondary N) is 1. The van der Waals surface area contributed by atoms with Crippen LogP contribution < -0.4 is 10.2 Å². The zero-order chi connectivity index (χ0) is 15.4. The normalized spacial score (nSPS) is 12.4. The van der Waals surface area contributed by atoms with E-state index in [2.05, 4.69) is 41.6 Å². The molecule has 1 N–H and O–H groups in total. The van der Waals surface area contributed by atoms with E-state index in [-0.39, 0.29) is 11.9 Å². The first kappa shape index (κ1) is 16.0. The Balaban J connectivity index is 2.41. The van der Waals surface area contributed by atoms with E-state index in [4.69, 9.17) is 0 Å². The number of anilines is 1. The standard InChI is InChI=1S/C17H23FN2S/c1-5-20(11-14-7-6-8-21-14)17-9-12(2)16(18)10-15(17)13(3)19-4/h6-10,13,19H,5,11H2,1-4H3. The van der Waals surface area contributed by atoms with E-state index in [9.17, 15) is 4.39 Å². The van der Waals surface area contributed by atoms with E-state index in [1.807, 2.05) is 20.0 Å². The summed E-state index contributed by atoms with van der Waals surface area (Å²) in [7, 11) is 1.90. The van der Waals surface area contributed by atoms with E-state index in [1.54, 1.807) is 17.4 Å². The highest BCUT2D eigenvalue weighted by Crippen LogP contribution is 2.30.